The van der Waals surface area contributed by atoms with Crippen LogP contribution in [0, 0.1) is 0 Å². The maximum Gasteiger partial charge on any atom is 0.0892 e. The first-order chi connectivity index (χ1) is 5.93. The topological polar surface area (TPSA) is 22.1 Å². The van der Waals surface area contributed by atoms with Gasteiger partial charge in [-0.1, -0.05) is 18.2 Å². The van der Waals surface area contributed by atoms with Crippen LogP contribution in [-0.2, 0) is 11.3 Å². The summed E-state index contributed by atoms with van der Waals surface area (Å²) in [5, 5.41) is 0. The maximum absolute atomic E-state index is 5.31. The minimum atomic E-state index is 0.588. The van der Waals surface area contributed by atoms with E-state index in [2.05, 4.69) is 4.98 Å². The molecule has 0 atom stereocenters. The molecule has 0 saturated heterocycles. The Morgan fingerprint density at radius 3 is 3.08 bits per heavy atom. The molecule has 2 nitrogen and oxygen atoms in total. The van der Waals surface area contributed by atoms with Gasteiger partial charge in [-0.2, -0.15) is 0 Å². The Morgan fingerprint density at radius 2 is 2.42 bits per heavy atom. The largest absolute Gasteiger partial charge is 0.371 e. The highest BCUT2D eigenvalue weighted by atomic mass is 16.5. The zero-order valence-corrected chi connectivity index (χ0v) is 7.23. The minimum absolute atomic E-state index is 0.588. The van der Waals surface area contributed by atoms with Gasteiger partial charge in [0.1, 0.15) is 0 Å². The monoisotopic (exact) mass is 163 g/mol. The Balaban J connectivity index is 2.24. The average molecular weight is 163 g/mol. The van der Waals surface area contributed by atoms with Crippen LogP contribution in [0.25, 0.3) is 0 Å². The molecule has 12 heavy (non-hydrogen) atoms. The number of aromatic nitrogens is 1. The molecule has 0 amide bonds. The second-order valence-electron chi connectivity index (χ2n) is 2.41. The molecule has 0 unspecified atom stereocenters. The summed E-state index contributed by atoms with van der Waals surface area (Å²) in [6, 6.07) is 5.81. The molecule has 0 aliphatic rings. The molecule has 1 aromatic heterocycles. The number of nitrogens with zero attached hydrogens (tertiary/aromatic N) is 1. The molecule has 0 aliphatic heterocycles. The highest BCUT2D eigenvalue weighted by molar-refractivity contribution is 5.01. The summed E-state index contributed by atoms with van der Waals surface area (Å²) in [6.07, 6.45) is 5.72. The summed E-state index contributed by atoms with van der Waals surface area (Å²) in [5.74, 6) is 0. The van der Waals surface area contributed by atoms with Gasteiger partial charge in [-0.05, 0) is 19.1 Å². The first kappa shape index (κ1) is 8.94. The Labute approximate surface area is 72.9 Å². The molecule has 1 rings (SSSR count). The van der Waals surface area contributed by atoms with Gasteiger partial charge in [-0.3, -0.25) is 4.98 Å². The predicted octanol–water partition coefficient (Wildman–Crippen LogP) is 2.17. The second-order valence-corrected chi connectivity index (χ2v) is 2.41. The average Bonchev–Trinajstić information content (AvgIpc) is 2.14. The molecule has 0 fully saturated rings. The van der Waals surface area contributed by atoms with E-state index in [9.17, 15) is 0 Å². The van der Waals surface area contributed by atoms with Crippen LogP contribution >= 0.6 is 0 Å². The third-order valence-corrected chi connectivity index (χ3v) is 1.43. The molecule has 0 bridgehead atoms. The molecule has 0 saturated carbocycles. The van der Waals surface area contributed by atoms with Crippen molar-refractivity contribution in [3.8, 4) is 0 Å². The van der Waals surface area contributed by atoms with E-state index < -0.39 is 0 Å². The molecule has 0 aromatic carbocycles. The summed E-state index contributed by atoms with van der Waals surface area (Å²) < 4.78 is 5.31. The molecule has 1 heterocycles. The molecular formula is C10H13NO. The van der Waals surface area contributed by atoms with E-state index in [1.54, 1.807) is 6.20 Å². The molecule has 1 aromatic rings. The summed E-state index contributed by atoms with van der Waals surface area (Å²) in [6.45, 7) is 3.22. The maximum atomic E-state index is 5.31. The van der Waals surface area contributed by atoms with E-state index in [4.69, 9.17) is 4.74 Å². The van der Waals surface area contributed by atoms with Crippen LogP contribution in [0.4, 0.5) is 0 Å². The fraction of sp³-hybridized carbons (Fsp3) is 0.300. The van der Waals surface area contributed by atoms with Crippen molar-refractivity contribution in [1.29, 1.82) is 0 Å². The van der Waals surface area contributed by atoms with E-state index in [0.717, 1.165) is 5.69 Å². The highest BCUT2D eigenvalue weighted by Crippen LogP contribution is 1.95. The zero-order chi connectivity index (χ0) is 8.65. The Morgan fingerprint density at radius 1 is 1.50 bits per heavy atom. The molecule has 0 spiro atoms. The lowest BCUT2D eigenvalue weighted by Crippen LogP contribution is -1.94. The van der Waals surface area contributed by atoms with Crippen LogP contribution < -0.4 is 0 Å². The Hall–Kier alpha value is -1.15. The van der Waals surface area contributed by atoms with Crippen LogP contribution in [0.2, 0.25) is 0 Å². The summed E-state index contributed by atoms with van der Waals surface area (Å²) in [5.41, 5.74) is 0.974. The van der Waals surface area contributed by atoms with E-state index in [0.29, 0.717) is 13.2 Å². The van der Waals surface area contributed by atoms with Gasteiger partial charge >= 0.3 is 0 Å². The van der Waals surface area contributed by atoms with Crippen LogP contribution in [0.15, 0.2) is 36.5 Å². The van der Waals surface area contributed by atoms with Gasteiger partial charge in [0.15, 0.2) is 0 Å². The van der Waals surface area contributed by atoms with Crippen molar-refractivity contribution in [2.75, 3.05) is 6.61 Å². The molecule has 0 N–H and O–H groups in total. The van der Waals surface area contributed by atoms with E-state index in [1.807, 2.05) is 37.3 Å². The third kappa shape index (κ3) is 3.30. The van der Waals surface area contributed by atoms with Gasteiger partial charge in [0.05, 0.1) is 18.9 Å². The van der Waals surface area contributed by atoms with Crippen molar-refractivity contribution >= 4 is 0 Å². The second kappa shape index (κ2) is 5.49. The normalized spacial score (nSPS) is 10.8. The van der Waals surface area contributed by atoms with Crippen LogP contribution in [0.5, 0.6) is 0 Å². The van der Waals surface area contributed by atoms with E-state index in [-0.39, 0.29) is 0 Å². The Bertz CT molecular complexity index is 231. The molecule has 64 valence electrons. The van der Waals surface area contributed by atoms with Gasteiger partial charge in [0, 0.05) is 6.20 Å². The van der Waals surface area contributed by atoms with Gasteiger partial charge in [0.25, 0.3) is 0 Å². The van der Waals surface area contributed by atoms with Gasteiger partial charge in [-0.25, -0.2) is 0 Å². The molecule has 0 radical (unpaired) electrons. The quantitative estimate of drug-likeness (QED) is 0.501. The lowest BCUT2D eigenvalue weighted by molar-refractivity contribution is 0.145. The Kier molecular flexibility index (Phi) is 4.09. The summed E-state index contributed by atoms with van der Waals surface area (Å²) >= 11 is 0. The highest BCUT2D eigenvalue weighted by Gasteiger charge is 1.89. The standard InChI is InChI=1S/C10H13NO/c1-2-3-8-12-9-10-6-4-5-7-11-10/h2-7H,8-9H2,1H3/b3-2-. The van der Waals surface area contributed by atoms with Crippen molar-refractivity contribution in [2.24, 2.45) is 0 Å². The van der Waals surface area contributed by atoms with Crippen molar-refractivity contribution < 1.29 is 4.74 Å². The smallest absolute Gasteiger partial charge is 0.0892 e. The number of rotatable bonds is 4. The first-order valence-electron chi connectivity index (χ1n) is 4.02. The number of pyridine rings is 1. The van der Waals surface area contributed by atoms with Crippen LogP contribution in [-0.4, -0.2) is 11.6 Å². The number of hydrogen-bond acceptors (Lipinski definition) is 2. The lowest BCUT2D eigenvalue weighted by atomic mass is 10.4. The van der Waals surface area contributed by atoms with Gasteiger partial charge in [0.2, 0.25) is 0 Å². The number of hydrogen-bond donors (Lipinski definition) is 0. The van der Waals surface area contributed by atoms with Crippen molar-refractivity contribution in [3.05, 3.63) is 42.2 Å². The predicted molar refractivity (Wildman–Crippen MR) is 48.7 cm³/mol. The van der Waals surface area contributed by atoms with Gasteiger partial charge < -0.3 is 4.74 Å². The van der Waals surface area contributed by atoms with Crippen LogP contribution in [0.3, 0.4) is 0 Å². The van der Waals surface area contributed by atoms with Crippen molar-refractivity contribution in [3.63, 3.8) is 0 Å². The van der Waals surface area contributed by atoms with E-state index in [1.165, 1.54) is 0 Å². The van der Waals surface area contributed by atoms with Crippen molar-refractivity contribution in [1.82, 2.24) is 4.98 Å². The fourth-order valence-corrected chi connectivity index (χ4v) is 0.811. The molecule has 2 heteroatoms. The molecular weight excluding hydrogens is 150 g/mol. The first-order valence-corrected chi connectivity index (χ1v) is 4.02. The summed E-state index contributed by atoms with van der Waals surface area (Å²) in [4.78, 5) is 4.13. The van der Waals surface area contributed by atoms with Crippen LogP contribution in [0.1, 0.15) is 12.6 Å². The minimum Gasteiger partial charge on any atom is -0.371 e. The SMILES string of the molecule is C/C=C\COCc1ccccn1. The number of ether oxygens (including phenoxy) is 1. The van der Waals surface area contributed by atoms with Crippen molar-refractivity contribution in [2.45, 2.75) is 13.5 Å². The fourth-order valence-electron chi connectivity index (χ4n) is 0.811. The number of allylic oxidation sites excluding steroid dienone is 1. The lowest BCUT2D eigenvalue weighted by Gasteiger charge is -1.98. The third-order valence-electron chi connectivity index (χ3n) is 1.43. The molecule has 0 aliphatic carbocycles. The van der Waals surface area contributed by atoms with Gasteiger partial charge in [-0.15, -0.1) is 0 Å². The van der Waals surface area contributed by atoms with E-state index >= 15 is 0 Å². The summed E-state index contributed by atoms with van der Waals surface area (Å²) in [7, 11) is 0. The zero-order valence-electron chi connectivity index (χ0n) is 7.23.